The zero-order valence-electron chi connectivity index (χ0n) is 11.3. The molecule has 1 fully saturated rings. The molecule has 0 aromatic heterocycles. The Labute approximate surface area is 118 Å². The third-order valence-electron chi connectivity index (χ3n) is 3.75. The molecule has 0 spiro atoms. The zero-order chi connectivity index (χ0) is 13.0. The summed E-state index contributed by atoms with van der Waals surface area (Å²) in [6, 6.07) is 7.23. The largest absolute Gasteiger partial charge is 0.380 e. The lowest BCUT2D eigenvalue weighted by molar-refractivity contribution is 0.185. The first kappa shape index (κ1) is 13.9. The van der Waals surface area contributed by atoms with Gasteiger partial charge in [0.1, 0.15) is 0 Å². The number of rotatable bonds is 4. The first-order valence-corrected chi connectivity index (χ1v) is 7.59. The molecular formula is C15H22BrNO. The van der Waals surface area contributed by atoms with Crippen molar-refractivity contribution in [2.24, 2.45) is 0 Å². The highest BCUT2D eigenvalue weighted by Crippen LogP contribution is 2.31. The van der Waals surface area contributed by atoms with Crippen LogP contribution in [0, 0.1) is 0 Å². The van der Waals surface area contributed by atoms with Crippen LogP contribution in [0.4, 0.5) is 5.69 Å². The highest BCUT2D eigenvalue weighted by atomic mass is 79.9. The highest BCUT2D eigenvalue weighted by molar-refractivity contribution is 9.10. The molecule has 1 unspecified atom stereocenters. The smallest absolute Gasteiger partial charge is 0.0733 e. The van der Waals surface area contributed by atoms with Crippen LogP contribution >= 0.6 is 15.9 Å². The molecule has 3 heteroatoms. The van der Waals surface area contributed by atoms with Crippen molar-refractivity contribution in [2.45, 2.75) is 45.3 Å². The van der Waals surface area contributed by atoms with Crippen molar-refractivity contribution >= 4 is 21.6 Å². The lowest BCUT2D eigenvalue weighted by Gasteiger charge is -2.38. The zero-order valence-corrected chi connectivity index (χ0v) is 12.9. The van der Waals surface area contributed by atoms with Crippen LogP contribution in [0.1, 0.15) is 38.2 Å². The maximum Gasteiger partial charge on any atom is 0.0733 e. The molecule has 1 aromatic carbocycles. The molecule has 1 saturated heterocycles. The van der Waals surface area contributed by atoms with Crippen LogP contribution in [0.15, 0.2) is 22.7 Å². The number of hydrogen-bond acceptors (Lipinski definition) is 2. The van der Waals surface area contributed by atoms with Crippen molar-refractivity contribution in [1.82, 2.24) is 0 Å². The van der Waals surface area contributed by atoms with Crippen LogP contribution in [0.25, 0.3) is 0 Å². The lowest BCUT2D eigenvalue weighted by Crippen LogP contribution is -2.39. The number of piperidine rings is 1. The highest BCUT2D eigenvalue weighted by Gasteiger charge is 2.22. The second-order valence-corrected chi connectivity index (χ2v) is 5.87. The molecule has 2 nitrogen and oxygen atoms in total. The van der Waals surface area contributed by atoms with Crippen LogP contribution in [0.5, 0.6) is 0 Å². The Hall–Kier alpha value is -0.540. The van der Waals surface area contributed by atoms with Gasteiger partial charge in [0.05, 0.1) is 6.61 Å². The monoisotopic (exact) mass is 311 g/mol. The predicted octanol–water partition coefficient (Wildman–Crippen LogP) is 4.36. The van der Waals surface area contributed by atoms with Crippen molar-refractivity contribution < 1.29 is 4.74 Å². The molecule has 1 aromatic rings. The van der Waals surface area contributed by atoms with Crippen molar-refractivity contribution in [2.75, 3.05) is 18.6 Å². The van der Waals surface area contributed by atoms with E-state index in [0.717, 1.165) is 4.47 Å². The molecule has 0 saturated carbocycles. The molecule has 1 atom stereocenters. The van der Waals surface area contributed by atoms with E-state index in [-0.39, 0.29) is 0 Å². The predicted molar refractivity (Wildman–Crippen MR) is 80.1 cm³/mol. The van der Waals surface area contributed by atoms with E-state index < -0.39 is 0 Å². The molecule has 0 radical (unpaired) electrons. The third-order valence-corrected chi connectivity index (χ3v) is 4.24. The molecular weight excluding hydrogens is 290 g/mol. The number of hydrogen-bond donors (Lipinski definition) is 0. The summed E-state index contributed by atoms with van der Waals surface area (Å²) in [6.07, 6.45) is 5.21. The first-order chi connectivity index (χ1) is 8.76. The molecule has 1 aliphatic rings. The number of nitrogens with zero attached hydrogens (tertiary/aromatic N) is 1. The van der Waals surface area contributed by atoms with Gasteiger partial charge in [0.15, 0.2) is 0 Å². The maximum atomic E-state index is 5.34. The second-order valence-electron chi connectivity index (χ2n) is 4.96. The second kappa shape index (κ2) is 6.58. The number of halogens is 1. The number of anilines is 1. The van der Waals surface area contributed by atoms with Crippen LogP contribution in [-0.4, -0.2) is 19.7 Å². The summed E-state index contributed by atoms with van der Waals surface area (Å²) in [5, 5.41) is 0. The average molecular weight is 312 g/mol. The molecule has 2 rings (SSSR count). The SMILES string of the molecule is CCC1CCCCN1c1ccc(Br)cc1COC. The molecule has 0 aliphatic carbocycles. The quantitative estimate of drug-likeness (QED) is 0.819. The van der Waals surface area contributed by atoms with E-state index >= 15 is 0 Å². The van der Waals surface area contributed by atoms with Crippen LogP contribution in [0.3, 0.4) is 0 Å². The Morgan fingerprint density at radius 1 is 1.39 bits per heavy atom. The van der Waals surface area contributed by atoms with E-state index in [1.807, 2.05) is 0 Å². The number of benzene rings is 1. The van der Waals surface area contributed by atoms with E-state index in [4.69, 9.17) is 4.74 Å². The van der Waals surface area contributed by atoms with Gasteiger partial charge in [-0.2, -0.15) is 0 Å². The minimum absolute atomic E-state index is 0.682. The van der Waals surface area contributed by atoms with Gasteiger partial charge in [-0.1, -0.05) is 22.9 Å². The van der Waals surface area contributed by atoms with Crippen molar-refractivity contribution in [3.05, 3.63) is 28.2 Å². The topological polar surface area (TPSA) is 12.5 Å². The average Bonchev–Trinajstić information content (AvgIpc) is 2.39. The van der Waals surface area contributed by atoms with E-state index in [9.17, 15) is 0 Å². The normalized spacial score (nSPS) is 20.2. The van der Waals surface area contributed by atoms with Gasteiger partial charge in [0.2, 0.25) is 0 Å². The fourth-order valence-electron chi connectivity index (χ4n) is 2.85. The van der Waals surface area contributed by atoms with E-state index in [1.165, 1.54) is 43.5 Å². The number of methoxy groups -OCH3 is 1. The van der Waals surface area contributed by atoms with Crippen molar-refractivity contribution in [1.29, 1.82) is 0 Å². The molecule has 1 aliphatic heterocycles. The Kier molecular flexibility index (Phi) is 5.07. The summed E-state index contributed by atoms with van der Waals surface area (Å²) in [7, 11) is 1.76. The van der Waals surface area contributed by atoms with Crippen molar-refractivity contribution in [3.8, 4) is 0 Å². The minimum atomic E-state index is 0.682. The van der Waals surface area contributed by atoms with Crippen LogP contribution in [-0.2, 0) is 11.3 Å². The Morgan fingerprint density at radius 3 is 2.94 bits per heavy atom. The Morgan fingerprint density at radius 2 is 2.22 bits per heavy atom. The summed E-state index contributed by atoms with van der Waals surface area (Å²) in [6.45, 7) is 4.15. The van der Waals surface area contributed by atoms with E-state index in [0.29, 0.717) is 12.6 Å². The number of ether oxygens (including phenoxy) is 1. The molecule has 0 bridgehead atoms. The Bertz CT molecular complexity index is 394. The Balaban J connectivity index is 2.29. The minimum Gasteiger partial charge on any atom is -0.380 e. The van der Waals surface area contributed by atoms with Gasteiger partial charge in [-0.05, 0) is 43.9 Å². The molecule has 18 heavy (non-hydrogen) atoms. The van der Waals surface area contributed by atoms with Gasteiger partial charge in [-0.25, -0.2) is 0 Å². The third kappa shape index (κ3) is 3.07. The van der Waals surface area contributed by atoms with Gasteiger partial charge < -0.3 is 9.64 Å². The van der Waals surface area contributed by atoms with Gasteiger partial charge in [0, 0.05) is 35.4 Å². The van der Waals surface area contributed by atoms with Crippen LogP contribution in [0.2, 0.25) is 0 Å². The molecule has 0 amide bonds. The fraction of sp³-hybridized carbons (Fsp3) is 0.600. The molecule has 0 N–H and O–H groups in total. The summed E-state index contributed by atoms with van der Waals surface area (Å²) in [5.74, 6) is 0. The maximum absolute atomic E-state index is 5.34. The van der Waals surface area contributed by atoms with Crippen LogP contribution < -0.4 is 4.90 Å². The molecule has 100 valence electrons. The lowest BCUT2D eigenvalue weighted by atomic mass is 9.98. The first-order valence-electron chi connectivity index (χ1n) is 6.80. The molecule has 1 heterocycles. The summed E-state index contributed by atoms with van der Waals surface area (Å²) < 4.78 is 6.46. The van der Waals surface area contributed by atoms with E-state index in [1.54, 1.807) is 7.11 Å². The standard InChI is InChI=1S/C15H22BrNO/c1-3-14-6-4-5-9-17(14)15-8-7-13(16)10-12(15)11-18-2/h7-8,10,14H,3-6,9,11H2,1-2H3. The summed E-state index contributed by atoms with van der Waals surface area (Å²) >= 11 is 3.55. The van der Waals surface area contributed by atoms with Gasteiger partial charge in [0.25, 0.3) is 0 Å². The van der Waals surface area contributed by atoms with Gasteiger partial charge >= 0.3 is 0 Å². The van der Waals surface area contributed by atoms with Gasteiger partial charge in [-0.15, -0.1) is 0 Å². The summed E-state index contributed by atoms with van der Waals surface area (Å²) in [5.41, 5.74) is 2.64. The van der Waals surface area contributed by atoms with E-state index in [2.05, 4.69) is 46.0 Å². The van der Waals surface area contributed by atoms with Gasteiger partial charge in [-0.3, -0.25) is 0 Å². The van der Waals surface area contributed by atoms with Crippen molar-refractivity contribution in [3.63, 3.8) is 0 Å². The fourth-order valence-corrected chi connectivity index (χ4v) is 3.26. The summed E-state index contributed by atoms with van der Waals surface area (Å²) in [4.78, 5) is 2.57.